The van der Waals surface area contributed by atoms with Crippen LogP contribution in [0.2, 0.25) is 0 Å². The first-order valence-electron chi connectivity index (χ1n) is 16.6. The molecule has 2 aliphatic heterocycles. The molecule has 2 fully saturated rings. The Labute approximate surface area is 272 Å². The molecule has 5 heteroatoms. The molecule has 4 aromatic carbocycles. The minimum absolute atomic E-state index is 0.569. The SMILES string of the molecule is COc1cc(Cc2c(-c3ccc(CCN4CCCC4)cc3)sc3cc(OCc4ccccc4)ccc23)ccc1CN1CCCC1. The molecule has 0 saturated carbocycles. The van der Waals surface area contributed by atoms with Crippen molar-refractivity contribution >= 4 is 21.4 Å². The van der Waals surface area contributed by atoms with Crippen LogP contribution in [0.25, 0.3) is 20.5 Å². The van der Waals surface area contributed by atoms with Crippen molar-refractivity contribution in [2.45, 2.75) is 51.7 Å². The highest BCUT2D eigenvalue weighted by molar-refractivity contribution is 7.22. The second-order valence-corrected chi connectivity index (χ2v) is 13.7. The lowest BCUT2D eigenvalue weighted by molar-refractivity contribution is 0.306. The van der Waals surface area contributed by atoms with Gasteiger partial charge in [-0.05, 0) is 122 Å². The number of likely N-dealkylation sites (tertiary alicyclic amines) is 2. The van der Waals surface area contributed by atoms with E-state index in [1.807, 2.05) is 17.4 Å². The number of hydrogen-bond acceptors (Lipinski definition) is 5. The number of nitrogens with zero attached hydrogens (tertiary/aromatic N) is 2. The van der Waals surface area contributed by atoms with Crippen LogP contribution in [0.1, 0.15) is 53.5 Å². The lowest BCUT2D eigenvalue weighted by Crippen LogP contribution is -2.21. The molecule has 3 heterocycles. The summed E-state index contributed by atoms with van der Waals surface area (Å²) < 4.78 is 13.4. The van der Waals surface area contributed by atoms with Crippen LogP contribution in [0, 0.1) is 0 Å². The van der Waals surface area contributed by atoms with Crippen molar-refractivity contribution in [2.24, 2.45) is 0 Å². The second kappa shape index (κ2) is 14.2. The molecule has 0 atom stereocenters. The molecule has 5 aromatic rings. The van der Waals surface area contributed by atoms with E-state index in [0.717, 1.165) is 37.4 Å². The fraction of sp³-hybridized carbons (Fsp3) is 0.350. The van der Waals surface area contributed by atoms with E-state index in [1.165, 1.54) is 100 Å². The summed E-state index contributed by atoms with van der Waals surface area (Å²) in [4.78, 5) is 6.48. The Morgan fingerprint density at radius 1 is 0.711 bits per heavy atom. The van der Waals surface area contributed by atoms with Crippen LogP contribution in [-0.4, -0.2) is 49.6 Å². The summed E-state index contributed by atoms with van der Waals surface area (Å²) >= 11 is 1.88. The van der Waals surface area contributed by atoms with Crippen molar-refractivity contribution in [3.63, 3.8) is 0 Å². The van der Waals surface area contributed by atoms with E-state index in [0.29, 0.717) is 6.61 Å². The van der Waals surface area contributed by atoms with E-state index < -0.39 is 0 Å². The van der Waals surface area contributed by atoms with Gasteiger partial charge in [0.1, 0.15) is 18.1 Å². The maximum atomic E-state index is 6.24. The second-order valence-electron chi connectivity index (χ2n) is 12.6. The predicted octanol–water partition coefficient (Wildman–Crippen LogP) is 8.98. The first-order chi connectivity index (χ1) is 22.2. The number of rotatable bonds is 12. The Morgan fingerprint density at radius 2 is 1.44 bits per heavy atom. The number of benzene rings is 4. The van der Waals surface area contributed by atoms with Crippen molar-refractivity contribution in [1.29, 1.82) is 0 Å². The van der Waals surface area contributed by atoms with Crippen LogP contribution in [-0.2, 0) is 26.0 Å². The average molecular weight is 617 g/mol. The van der Waals surface area contributed by atoms with Crippen molar-refractivity contribution in [3.05, 3.63) is 119 Å². The highest BCUT2D eigenvalue weighted by Crippen LogP contribution is 2.42. The van der Waals surface area contributed by atoms with Gasteiger partial charge in [-0.25, -0.2) is 0 Å². The fourth-order valence-corrected chi connectivity index (χ4v) is 8.16. The molecule has 7 rings (SSSR count). The molecule has 45 heavy (non-hydrogen) atoms. The lowest BCUT2D eigenvalue weighted by atomic mass is 9.97. The largest absolute Gasteiger partial charge is 0.496 e. The van der Waals surface area contributed by atoms with Gasteiger partial charge in [0.05, 0.1) is 7.11 Å². The summed E-state index contributed by atoms with van der Waals surface area (Å²) in [7, 11) is 1.81. The summed E-state index contributed by atoms with van der Waals surface area (Å²) in [5.41, 5.74) is 7.83. The Hall–Kier alpha value is -3.64. The van der Waals surface area contributed by atoms with Gasteiger partial charge in [-0.15, -0.1) is 11.3 Å². The van der Waals surface area contributed by atoms with Gasteiger partial charge < -0.3 is 14.4 Å². The van der Waals surface area contributed by atoms with Crippen LogP contribution in [0.5, 0.6) is 11.5 Å². The number of thiophene rings is 1. The lowest BCUT2D eigenvalue weighted by Gasteiger charge is -2.18. The molecule has 2 saturated heterocycles. The quantitative estimate of drug-likeness (QED) is 0.140. The summed E-state index contributed by atoms with van der Waals surface area (Å²) in [6, 6.07) is 33.2. The number of fused-ring (bicyclic) bond motifs is 1. The summed E-state index contributed by atoms with van der Waals surface area (Å²) in [5, 5.41) is 1.31. The number of hydrogen-bond donors (Lipinski definition) is 0. The molecule has 232 valence electrons. The maximum absolute atomic E-state index is 6.24. The van der Waals surface area contributed by atoms with Crippen molar-refractivity contribution in [3.8, 4) is 21.9 Å². The Balaban J connectivity index is 1.17. The molecule has 0 amide bonds. The van der Waals surface area contributed by atoms with Gasteiger partial charge in [0.25, 0.3) is 0 Å². The highest BCUT2D eigenvalue weighted by Gasteiger charge is 2.19. The summed E-state index contributed by atoms with van der Waals surface area (Å²) in [5.74, 6) is 1.91. The smallest absolute Gasteiger partial charge is 0.123 e. The van der Waals surface area contributed by atoms with E-state index in [4.69, 9.17) is 9.47 Å². The Bertz CT molecular complexity index is 1700. The zero-order chi connectivity index (χ0) is 30.4. The third-order valence-electron chi connectivity index (χ3n) is 9.47. The zero-order valence-corrected chi connectivity index (χ0v) is 27.3. The maximum Gasteiger partial charge on any atom is 0.123 e. The van der Waals surface area contributed by atoms with Gasteiger partial charge in [-0.3, -0.25) is 4.90 Å². The molecule has 1 aromatic heterocycles. The fourth-order valence-electron chi connectivity index (χ4n) is 6.90. The molecule has 4 nitrogen and oxygen atoms in total. The Kier molecular flexibility index (Phi) is 9.48. The van der Waals surface area contributed by atoms with E-state index in [9.17, 15) is 0 Å². The molecular formula is C40H44N2O2S. The average Bonchev–Trinajstić information content (AvgIpc) is 3.87. The van der Waals surface area contributed by atoms with Crippen molar-refractivity contribution < 1.29 is 9.47 Å². The van der Waals surface area contributed by atoms with Gasteiger partial charge >= 0.3 is 0 Å². The first kappa shape index (κ1) is 30.0. The molecule has 0 spiro atoms. The van der Waals surface area contributed by atoms with Gasteiger partial charge in [-0.1, -0.05) is 66.7 Å². The third kappa shape index (κ3) is 7.27. The van der Waals surface area contributed by atoms with Crippen LogP contribution < -0.4 is 9.47 Å². The van der Waals surface area contributed by atoms with Crippen LogP contribution in [0.15, 0.2) is 91.0 Å². The predicted molar refractivity (Wildman–Crippen MR) is 188 cm³/mol. The van der Waals surface area contributed by atoms with E-state index >= 15 is 0 Å². The number of methoxy groups -OCH3 is 1. The van der Waals surface area contributed by atoms with Gasteiger partial charge in [0.2, 0.25) is 0 Å². The summed E-state index contributed by atoms with van der Waals surface area (Å²) in [6.07, 6.45) is 7.26. The Morgan fingerprint density at radius 3 is 2.20 bits per heavy atom. The standard InChI is InChI=1S/C40H44N2O2S/c1-43-38-26-32(13-16-34(38)28-42-22-7-8-23-42)25-37-36-18-17-35(44-29-31-9-3-2-4-10-31)27-39(36)45-40(37)33-14-11-30(12-15-33)19-24-41-20-5-6-21-41/h2-4,9-18,26-27H,5-8,19-25,28-29H2,1H3. The molecule has 0 bridgehead atoms. The zero-order valence-electron chi connectivity index (χ0n) is 26.5. The molecule has 2 aliphatic rings. The van der Waals surface area contributed by atoms with Gasteiger partial charge in [0, 0.05) is 28.2 Å². The molecular weight excluding hydrogens is 573 g/mol. The van der Waals surface area contributed by atoms with Crippen molar-refractivity contribution in [1.82, 2.24) is 9.80 Å². The molecule has 0 radical (unpaired) electrons. The van der Waals surface area contributed by atoms with Crippen molar-refractivity contribution in [2.75, 3.05) is 39.8 Å². The molecule has 0 aliphatic carbocycles. The molecule has 0 unspecified atom stereocenters. The number of ether oxygens (including phenoxy) is 2. The van der Waals surface area contributed by atoms with Gasteiger partial charge in [0.15, 0.2) is 0 Å². The minimum Gasteiger partial charge on any atom is -0.496 e. The van der Waals surface area contributed by atoms with Gasteiger partial charge in [-0.2, -0.15) is 0 Å². The van der Waals surface area contributed by atoms with E-state index in [2.05, 4.69) is 94.7 Å². The third-order valence-corrected chi connectivity index (χ3v) is 10.7. The molecule has 0 N–H and O–H groups in total. The first-order valence-corrected chi connectivity index (χ1v) is 17.5. The highest BCUT2D eigenvalue weighted by atomic mass is 32.1. The minimum atomic E-state index is 0.569. The van der Waals surface area contributed by atoms with E-state index in [1.54, 1.807) is 7.11 Å². The van der Waals surface area contributed by atoms with E-state index in [-0.39, 0.29) is 0 Å². The van der Waals surface area contributed by atoms with Crippen LogP contribution in [0.3, 0.4) is 0 Å². The topological polar surface area (TPSA) is 24.9 Å². The normalized spacial score (nSPS) is 15.7. The summed E-state index contributed by atoms with van der Waals surface area (Å²) in [6.45, 7) is 7.57. The van der Waals surface area contributed by atoms with Crippen LogP contribution >= 0.6 is 11.3 Å². The monoisotopic (exact) mass is 616 g/mol. The van der Waals surface area contributed by atoms with Crippen LogP contribution in [0.4, 0.5) is 0 Å².